The summed E-state index contributed by atoms with van der Waals surface area (Å²) < 4.78 is 0. The largest absolute Gasteiger partial charge is 0.269 e. The van der Waals surface area contributed by atoms with Crippen LogP contribution in [0.4, 0.5) is 5.69 Å². The molecule has 0 radical (unpaired) electrons. The van der Waals surface area contributed by atoms with Gasteiger partial charge in [0.15, 0.2) is 0 Å². The molecule has 17 heavy (non-hydrogen) atoms. The van der Waals surface area contributed by atoms with Gasteiger partial charge >= 0.3 is 0 Å². The van der Waals surface area contributed by atoms with Crippen LogP contribution in [0.3, 0.4) is 0 Å². The van der Waals surface area contributed by atoms with Crippen LogP contribution >= 0.6 is 11.8 Å². The minimum absolute atomic E-state index is 0.108. The summed E-state index contributed by atoms with van der Waals surface area (Å²) in [5.74, 6) is 0. The summed E-state index contributed by atoms with van der Waals surface area (Å²) in [6.45, 7) is 1.93. The van der Waals surface area contributed by atoms with Gasteiger partial charge in [0.25, 0.3) is 5.69 Å². The maximum absolute atomic E-state index is 10.5. The summed E-state index contributed by atoms with van der Waals surface area (Å²) >= 11 is 1.53. The summed E-state index contributed by atoms with van der Waals surface area (Å²) in [6.07, 6.45) is 1.79. The van der Waals surface area contributed by atoms with Crippen molar-refractivity contribution in [3.05, 3.63) is 58.4 Å². The first-order chi connectivity index (χ1) is 8.15. The molecule has 86 valence electrons. The zero-order valence-electron chi connectivity index (χ0n) is 9.16. The molecular weight excluding hydrogens is 236 g/mol. The van der Waals surface area contributed by atoms with Crippen LogP contribution in [0.5, 0.6) is 0 Å². The number of aryl methyl sites for hydroxylation is 1. The van der Waals surface area contributed by atoms with E-state index in [-0.39, 0.29) is 5.69 Å². The van der Waals surface area contributed by atoms with E-state index in [1.54, 1.807) is 18.3 Å². The smallest absolute Gasteiger partial charge is 0.260 e. The number of pyridine rings is 1. The van der Waals surface area contributed by atoms with Gasteiger partial charge in [0.05, 0.1) is 4.92 Å². The van der Waals surface area contributed by atoms with Gasteiger partial charge in [0.1, 0.15) is 0 Å². The Morgan fingerprint density at radius 2 is 1.76 bits per heavy atom. The van der Waals surface area contributed by atoms with Gasteiger partial charge in [-0.2, -0.15) is 0 Å². The third-order valence-electron chi connectivity index (χ3n) is 2.17. The predicted octanol–water partition coefficient (Wildman–Crippen LogP) is 3.45. The first kappa shape index (κ1) is 11.6. The zero-order valence-corrected chi connectivity index (χ0v) is 9.98. The summed E-state index contributed by atoms with van der Waals surface area (Å²) in [6, 6.07) is 10.4. The Morgan fingerprint density at radius 3 is 2.29 bits per heavy atom. The van der Waals surface area contributed by atoms with Crippen molar-refractivity contribution in [1.29, 1.82) is 0 Å². The third kappa shape index (κ3) is 3.04. The van der Waals surface area contributed by atoms with Crippen LogP contribution in [0.1, 0.15) is 5.69 Å². The van der Waals surface area contributed by atoms with Crippen LogP contribution in [-0.2, 0) is 0 Å². The van der Waals surface area contributed by atoms with Crippen molar-refractivity contribution in [2.75, 3.05) is 0 Å². The van der Waals surface area contributed by atoms with Crippen LogP contribution in [0.15, 0.2) is 52.4 Å². The fourth-order valence-electron chi connectivity index (χ4n) is 1.29. The standard InChI is InChI=1S/C12H10N2O2S/c1-9-2-5-12(8-13-9)17-11-6-3-10(4-7-11)14(15)16/h2-8H,1H3. The van der Waals surface area contributed by atoms with Crippen molar-refractivity contribution in [2.45, 2.75) is 16.7 Å². The average Bonchev–Trinajstić information content (AvgIpc) is 2.33. The minimum atomic E-state index is -0.401. The van der Waals surface area contributed by atoms with Crippen molar-refractivity contribution in [1.82, 2.24) is 4.98 Å². The lowest BCUT2D eigenvalue weighted by Crippen LogP contribution is -1.86. The van der Waals surface area contributed by atoms with Gasteiger partial charge in [-0.15, -0.1) is 0 Å². The highest BCUT2D eigenvalue weighted by Gasteiger charge is 2.04. The summed E-state index contributed by atoms with van der Waals surface area (Å²) in [4.78, 5) is 16.3. The second kappa shape index (κ2) is 4.97. The molecule has 0 saturated carbocycles. The SMILES string of the molecule is Cc1ccc(Sc2ccc([N+](=O)[O-])cc2)cn1. The lowest BCUT2D eigenvalue weighted by Gasteiger charge is -2.01. The number of aromatic nitrogens is 1. The van der Waals surface area contributed by atoms with E-state index >= 15 is 0 Å². The number of non-ortho nitro benzene ring substituents is 1. The van der Waals surface area contributed by atoms with E-state index in [1.165, 1.54) is 23.9 Å². The van der Waals surface area contributed by atoms with E-state index in [4.69, 9.17) is 0 Å². The normalized spacial score (nSPS) is 10.2. The first-order valence-electron chi connectivity index (χ1n) is 5.00. The fraction of sp³-hybridized carbons (Fsp3) is 0.0833. The van der Waals surface area contributed by atoms with Gasteiger partial charge < -0.3 is 0 Å². The van der Waals surface area contributed by atoms with Crippen LogP contribution in [0.25, 0.3) is 0 Å². The number of nitrogens with zero attached hydrogens (tertiary/aromatic N) is 2. The molecule has 1 aromatic heterocycles. The van der Waals surface area contributed by atoms with E-state index in [0.29, 0.717) is 0 Å². The molecule has 0 spiro atoms. The first-order valence-corrected chi connectivity index (χ1v) is 5.82. The van der Waals surface area contributed by atoms with Crippen LogP contribution in [0, 0.1) is 17.0 Å². The zero-order chi connectivity index (χ0) is 12.3. The van der Waals surface area contributed by atoms with Crippen molar-refractivity contribution >= 4 is 17.4 Å². The van der Waals surface area contributed by atoms with Crippen LogP contribution in [0.2, 0.25) is 0 Å². The molecule has 5 heteroatoms. The average molecular weight is 246 g/mol. The Hall–Kier alpha value is -1.88. The Balaban J connectivity index is 2.13. The second-order valence-corrected chi connectivity index (χ2v) is 4.64. The summed E-state index contributed by atoms with van der Waals surface area (Å²) in [5.41, 5.74) is 1.08. The predicted molar refractivity (Wildman–Crippen MR) is 66.2 cm³/mol. The van der Waals surface area contributed by atoms with E-state index in [2.05, 4.69) is 4.98 Å². The molecule has 1 heterocycles. The number of hydrogen-bond acceptors (Lipinski definition) is 4. The molecule has 0 aliphatic heterocycles. The topological polar surface area (TPSA) is 56.0 Å². The van der Waals surface area contributed by atoms with Crippen LogP contribution in [-0.4, -0.2) is 9.91 Å². The monoisotopic (exact) mass is 246 g/mol. The minimum Gasteiger partial charge on any atom is -0.260 e. The van der Waals surface area contributed by atoms with E-state index in [1.807, 2.05) is 19.1 Å². The maximum atomic E-state index is 10.5. The Labute approximate surface area is 103 Å². The van der Waals surface area contributed by atoms with Crippen molar-refractivity contribution in [3.8, 4) is 0 Å². The highest BCUT2D eigenvalue weighted by molar-refractivity contribution is 7.99. The number of rotatable bonds is 3. The highest BCUT2D eigenvalue weighted by atomic mass is 32.2. The quantitative estimate of drug-likeness (QED) is 0.614. The molecule has 0 saturated heterocycles. The molecule has 4 nitrogen and oxygen atoms in total. The molecule has 0 atom stereocenters. The molecule has 1 aromatic carbocycles. The Kier molecular flexibility index (Phi) is 3.39. The van der Waals surface area contributed by atoms with Crippen molar-refractivity contribution in [3.63, 3.8) is 0 Å². The van der Waals surface area contributed by atoms with E-state index < -0.39 is 4.92 Å². The Morgan fingerprint density at radius 1 is 1.12 bits per heavy atom. The molecule has 0 aliphatic carbocycles. The number of nitro groups is 1. The van der Waals surface area contributed by atoms with E-state index in [0.717, 1.165) is 15.5 Å². The number of hydrogen-bond donors (Lipinski definition) is 0. The lowest BCUT2D eigenvalue weighted by molar-refractivity contribution is -0.384. The van der Waals surface area contributed by atoms with Gasteiger partial charge in [-0.1, -0.05) is 11.8 Å². The molecule has 0 N–H and O–H groups in total. The molecule has 0 aliphatic rings. The third-order valence-corrected chi connectivity index (χ3v) is 3.15. The van der Waals surface area contributed by atoms with Crippen LogP contribution < -0.4 is 0 Å². The summed E-state index contributed by atoms with van der Waals surface area (Å²) in [7, 11) is 0. The van der Waals surface area contributed by atoms with Gasteiger partial charge in [-0.05, 0) is 31.2 Å². The lowest BCUT2D eigenvalue weighted by atomic mass is 10.3. The molecule has 0 unspecified atom stereocenters. The Bertz CT molecular complexity index is 523. The van der Waals surface area contributed by atoms with Crippen molar-refractivity contribution in [2.24, 2.45) is 0 Å². The highest BCUT2D eigenvalue weighted by Crippen LogP contribution is 2.28. The number of benzene rings is 1. The maximum Gasteiger partial charge on any atom is 0.269 e. The van der Waals surface area contributed by atoms with Gasteiger partial charge in [-0.3, -0.25) is 15.1 Å². The fourth-order valence-corrected chi connectivity index (χ4v) is 2.07. The van der Waals surface area contributed by atoms with Gasteiger partial charge in [0.2, 0.25) is 0 Å². The van der Waals surface area contributed by atoms with Gasteiger partial charge in [0, 0.05) is 33.8 Å². The second-order valence-electron chi connectivity index (χ2n) is 3.49. The number of nitro benzene ring substituents is 1. The molecular formula is C12H10N2O2S. The van der Waals surface area contributed by atoms with Gasteiger partial charge in [-0.25, -0.2) is 0 Å². The molecule has 2 rings (SSSR count). The molecule has 0 fully saturated rings. The van der Waals surface area contributed by atoms with Crippen molar-refractivity contribution < 1.29 is 4.92 Å². The molecule has 0 bridgehead atoms. The molecule has 0 amide bonds. The summed E-state index contributed by atoms with van der Waals surface area (Å²) in [5, 5.41) is 10.5. The van der Waals surface area contributed by atoms with E-state index in [9.17, 15) is 10.1 Å². The molecule has 2 aromatic rings.